The molecular weight excluding hydrogens is 530 g/mol. The molecule has 0 spiro atoms. The van der Waals surface area contributed by atoms with Gasteiger partial charge in [-0.2, -0.15) is 0 Å². The van der Waals surface area contributed by atoms with Crippen LogP contribution >= 0.6 is 11.3 Å². The zero-order valence-electron chi connectivity index (χ0n) is 22.2. The third-order valence-corrected chi connectivity index (χ3v) is 7.35. The number of fused-ring (bicyclic) bond motifs is 1. The fraction of sp³-hybridized carbons (Fsp3) is 0.308. The Hall–Kier alpha value is -3.63. The van der Waals surface area contributed by atoms with Crippen LogP contribution in [0.25, 0.3) is 32.6 Å². The number of hydrogen-bond donors (Lipinski definition) is 3. The van der Waals surface area contributed by atoms with Crippen LogP contribution in [0.4, 0.5) is 20.3 Å². The molecule has 1 fully saturated rings. The van der Waals surface area contributed by atoms with E-state index < -0.39 is 17.8 Å². The molecule has 0 unspecified atom stereocenters. The van der Waals surface area contributed by atoms with E-state index in [1.54, 1.807) is 37.6 Å². The van der Waals surface area contributed by atoms with E-state index in [1.165, 1.54) is 11.3 Å². The van der Waals surface area contributed by atoms with E-state index >= 15 is 4.39 Å². The number of pyridine rings is 1. The smallest absolute Gasteiger partial charge is 0.321 e. The summed E-state index contributed by atoms with van der Waals surface area (Å²) in [5.74, 6) is -0.807. The predicted octanol–water partition coefficient (Wildman–Crippen LogP) is 3.31. The molecule has 2 amide bonds. The summed E-state index contributed by atoms with van der Waals surface area (Å²) in [5, 5.41) is 14.5. The molecule has 40 heavy (non-hydrogen) atoms. The summed E-state index contributed by atoms with van der Waals surface area (Å²) >= 11 is 1.18. The number of nitrogens with zero attached hydrogens (tertiary/aromatic N) is 6. The predicted molar refractivity (Wildman–Crippen MR) is 153 cm³/mol. The summed E-state index contributed by atoms with van der Waals surface area (Å²) in [6, 6.07) is 6.79. The minimum Gasteiger partial charge on any atom is -0.481 e. The third kappa shape index (κ3) is 6.56. The molecule has 3 N–H and O–H groups in total. The molecule has 1 aliphatic rings. The van der Waals surface area contributed by atoms with Crippen molar-refractivity contribution in [3.8, 4) is 22.4 Å². The van der Waals surface area contributed by atoms with Gasteiger partial charge >= 0.3 is 12.0 Å². The topological polar surface area (TPSA) is 136 Å². The molecule has 11 nitrogen and oxygen atoms in total. The number of aromatic nitrogens is 4. The summed E-state index contributed by atoms with van der Waals surface area (Å²) in [7, 11) is 0. The van der Waals surface area contributed by atoms with E-state index in [-0.39, 0.29) is 41.5 Å². The maximum Gasteiger partial charge on any atom is 0.321 e. The van der Waals surface area contributed by atoms with Crippen molar-refractivity contribution in [2.45, 2.75) is 13.3 Å². The van der Waals surface area contributed by atoms with Gasteiger partial charge in [0.2, 0.25) is 5.95 Å². The molecule has 0 saturated carbocycles. The van der Waals surface area contributed by atoms with Crippen LogP contribution in [0.5, 0.6) is 0 Å². The number of carboxylic acid groups (broad SMARTS) is 1. The molecule has 5 rings (SSSR count). The van der Waals surface area contributed by atoms with Crippen LogP contribution in [0, 0.1) is 5.82 Å². The van der Waals surface area contributed by atoms with Gasteiger partial charge in [-0.1, -0.05) is 17.4 Å². The fourth-order valence-corrected chi connectivity index (χ4v) is 5.36. The second kappa shape index (κ2) is 13.1. The molecule has 4 heterocycles. The number of carbonyl (C=O) groups excluding carboxylic acids is 1. The van der Waals surface area contributed by atoms with Crippen LogP contribution in [-0.2, 0) is 4.79 Å². The molecule has 3 aromatic heterocycles. The second-order valence-corrected chi connectivity index (χ2v) is 9.93. The van der Waals surface area contributed by atoms with E-state index in [4.69, 9.17) is 5.11 Å². The molecule has 203 valence electrons. The SMILES string of the molecule is CCNC(=O)Nc1nc2c(F)c(-c3cnc(N4CCN(CCC(=O)O)CC4)nc3)cc(-c3ccccn3)c2s1.[Li]. The van der Waals surface area contributed by atoms with Crippen LogP contribution in [0.3, 0.4) is 0 Å². The minimum atomic E-state index is -0.805. The van der Waals surface area contributed by atoms with Crippen molar-refractivity contribution < 1.29 is 19.1 Å². The molecule has 1 aliphatic heterocycles. The Morgan fingerprint density at radius 2 is 1.85 bits per heavy atom. The summed E-state index contributed by atoms with van der Waals surface area (Å²) in [4.78, 5) is 44.9. The van der Waals surface area contributed by atoms with E-state index in [1.807, 2.05) is 17.0 Å². The number of piperazine rings is 1. The number of amides is 2. The van der Waals surface area contributed by atoms with Crippen molar-refractivity contribution in [2.75, 3.05) is 49.5 Å². The van der Waals surface area contributed by atoms with Gasteiger partial charge < -0.3 is 15.3 Å². The number of thiazole rings is 1. The van der Waals surface area contributed by atoms with Crippen LogP contribution in [0.2, 0.25) is 0 Å². The Balaban J connectivity index is 0.00000370. The van der Waals surface area contributed by atoms with Crippen molar-refractivity contribution in [3.05, 3.63) is 48.7 Å². The molecule has 0 atom stereocenters. The molecular formula is C26H27FLiN8O3S. The Kier molecular flexibility index (Phi) is 9.65. The van der Waals surface area contributed by atoms with Gasteiger partial charge in [-0.15, -0.1) is 0 Å². The first-order chi connectivity index (χ1) is 18.9. The van der Waals surface area contributed by atoms with Crippen molar-refractivity contribution in [2.24, 2.45) is 0 Å². The zero-order valence-corrected chi connectivity index (χ0v) is 23.0. The van der Waals surface area contributed by atoms with Gasteiger partial charge in [0, 0.05) is 93.4 Å². The van der Waals surface area contributed by atoms with Crippen LogP contribution in [0.15, 0.2) is 42.9 Å². The Bertz CT molecular complexity index is 1480. The van der Waals surface area contributed by atoms with E-state index in [0.717, 1.165) is 0 Å². The van der Waals surface area contributed by atoms with Crippen molar-refractivity contribution in [1.29, 1.82) is 0 Å². The Morgan fingerprint density at radius 3 is 2.50 bits per heavy atom. The number of carboxylic acids is 1. The minimum absolute atomic E-state index is 0. The molecule has 4 aromatic rings. The van der Waals surface area contributed by atoms with Gasteiger partial charge in [-0.05, 0) is 25.1 Å². The number of aliphatic carboxylic acids is 1. The monoisotopic (exact) mass is 557 g/mol. The van der Waals surface area contributed by atoms with Crippen molar-refractivity contribution >= 4 is 63.5 Å². The number of anilines is 2. The molecule has 1 radical (unpaired) electrons. The summed E-state index contributed by atoms with van der Waals surface area (Å²) in [6.45, 7) is 5.54. The molecule has 0 aliphatic carbocycles. The average molecular weight is 558 g/mol. The second-order valence-electron chi connectivity index (χ2n) is 8.93. The van der Waals surface area contributed by atoms with Gasteiger partial charge in [0.1, 0.15) is 5.52 Å². The number of carbonyl (C=O) groups is 2. The molecule has 1 saturated heterocycles. The van der Waals surface area contributed by atoms with Gasteiger partial charge in [0.25, 0.3) is 0 Å². The number of rotatable bonds is 8. The first-order valence-corrected chi connectivity index (χ1v) is 13.4. The van der Waals surface area contributed by atoms with Crippen LogP contribution in [0.1, 0.15) is 13.3 Å². The van der Waals surface area contributed by atoms with Gasteiger partial charge in [-0.25, -0.2) is 24.1 Å². The average Bonchev–Trinajstić information content (AvgIpc) is 3.37. The standard InChI is InChI=1S/C26H27FN8O3S.Li/c1-2-28-25(38)33-26-32-22-21(27)17(13-18(23(22)39-26)19-5-3-4-7-29-19)16-14-30-24(31-15-16)35-11-9-34(10-12-35)8-6-20(36)37;/h3-5,7,13-15H,2,6,8-12H2,1H3,(H,36,37)(H2,28,32,33,38);. The van der Waals surface area contributed by atoms with E-state index in [0.29, 0.717) is 66.7 Å². The summed E-state index contributed by atoms with van der Waals surface area (Å²) in [5.41, 5.74) is 2.23. The van der Waals surface area contributed by atoms with Gasteiger partial charge in [-0.3, -0.25) is 20.0 Å². The number of urea groups is 1. The number of hydrogen-bond acceptors (Lipinski definition) is 9. The largest absolute Gasteiger partial charge is 0.481 e. The normalized spacial score (nSPS) is 13.6. The fourth-order valence-electron chi connectivity index (χ4n) is 4.38. The maximum absolute atomic E-state index is 15.9. The number of halogens is 1. The Labute approximate surface area is 246 Å². The van der Waals surface area contributed by atoms with E-state index in [2.05, 4.69) is 35.5 Å². The van der Waals surface area contributed by atoms with E-state index in [9.17, 15) is 9.59 Å². The van der Waals surface area contributed by atoms with Crippen molar-refractivity contribution in [3.63, 3.8) is 0 Å². The zero-order chi connectivity index (χ0) is 27.4. The number of benzene rings is 1. The van der Waals surface area contributed by atoms with Crippen LogP contribution in [-0.4, -0.2) is 100 Å². The van der Waals surface area contributed by atoms with Crippen molar-refractivity contribution in [1.82, 2.24) is 30.2 Å². The molecule has 0 bridgehead atoms. The summed E-state index contributed by atoms with van der Waals surface area (Å²) < 4.78 is 16.4. The number of nitrogens with one attached hydrogen (secondary N) is 2. The van der Waals surface area contributed by atoms with Crippen LogP contribution < -0.4 is 15.5 Å². The summed E-state index contributed by atoms with van der Waals surface area (Å²) in [6.07, 6.45) is 4.96. The van der Waals surface area contributed by atoms with Gasteiger partial charge in [0.15, 0.2) is 10.9 Å². The first-order valence-electron chi connectivity index (χ1n) is 12.5. The maximum atomic E-state index is 15.9. The molecule has 1 aromatic carbocycles. The first kappa shape index (κ1) is 29.4. The van der Waals surface area contributed by atoms with Gasteiger partial charge in [0.05, 0.1) is 16.8 Å². The quantitative estimate of drug-likeness (QED) is 0.279. The Morgan fingerprint density at radius 1 is 1.10 bits per heavy atom. The molecule has 14 heteroatoms. The third-order valence-electron chi connectivity index (χ3n) is 6.35.